The van der Waals surface area contributed by atoms with Gasteiger partial charge in [0.25, 0.3) is 17.6 Å². The molecule has 7 nitrogen and oxygen atoms in total. The van der Waals surface area contributed by atoms with Gasteiger partial charge in [-0.15, -0.1) is 0 Å². The Morgan fingerprint density at radius 1 is 1.06 bits per heavy atom. The predicted molar refractivity (Wildman–Crippen MR) is 107 cm³/mol. The first kappa shape index (κ1) is 23.6. The molecule has 0 saturated carbocycles. The summed E-state index contributed by atoms with van der Waals surface area (Å²) in [5.74, 6) is -2.53. The number of amides is 2. The molecular weight excluding hydrogens is 453 g/mol. The average Bonchev–Trinajstić information content (AvgIpc) is 2.77. The topological polar surface area (TPSA) is 95.9 Å². The van der Waals surface area contributed by atoms with E-state index in [0.717, 1.165) is 12.1 Å². The minimum absolute atomic E-state index is 0.0983. The number of carbonyl (C=O) groups is 3. The Balaban J connectivity index is 1.62. The van der Waals surface area contributed by atoms with Crippen molar-refractivity contribution in [2.45, 2.75) is 25.1 Å². The molecule has 1 heterocycles. The normalized spacial score (nSPS) is 14.7. The highest BCUT2D eigenvalue weighted by molar-refractivity contribution is 6.45. The van der Waals surface area contributed by atoms with Crippen molar-refractivity contribution < 1.29 is 37.5 Å². The van der Waals surface area contributed by atoms with E-state index in [1.54, 1.807) is 0 Å². The van der Waals surface area contributed by atoms with Crippen LogP contribution in [0.4, 0.5) is 13.2 Å². The lowest BCUT2D eigenvalue weighted by Crippen LogP contribution is -2.45. The standard InChI is InChI=1S/C21H18ClF3N2O5/c22-16-3-1-2-15(17(16)19(29)26-31)18(28)20(30)27-10-8-14(9-11-27)32-13-6-4-12(5-7-13)21(23,24)25/h1-7,14,31H,8-11H2,(H,26,29). The number of benzene rings is 2. The number of hydrogen-bond donors (Lipinski definition) is 2. The second-order valence-electron chi connectivity index (χ2n) is 7.06. The minimum atomic E-state index is -4.43. The highest BCUT2D eigenvalue weighted by Crippen LogP contribution is 2.31. The minimum Gasteiger partial charge on any atom is -0.490 e. The van der Waals surface area contributed by atoms with Crippen LogP contribution in [0.1, 0.15) is 39.1 Å². The molecule has 0 unspecified atom stereocenters. The molecule has 0 bridgehead atoms. The second kappa shape index (κ2) is 9.58. The number of rotatable bonds is 5. The number of hydrogen-bond acceptors (Lipinski definition) is 5. The molecule has 170 valence electrons. The maximum atomic E-state index is 12.7. The first-order chi connectivity index (χ1) is 15.1. The summed E-state index contributed by atoms with van der Waals surface area (Å²) in [7, 11) is 0. The summed E-state index contributed by atoms with van der Waals surface area (Å²) in [4.78, 5) is 38.5. The molecule has 3 rings (SSSR count). The lowest BCUT2D eigenvalue weighted by atomic mass is 10.0. The quantitative estimate of drug-likeness (QED) is 0.300. The Morgan fingerprint density at radius 2 is 1.69 bits per heavy atom. The van der Waals surface area contributed by atoms with Crippen molar-refractivity contribution in [3.8, 4) is 5.75 Å². The fourth-order valence-corrected chi connectivity index (χ4v) is 3.61. The van der Waals surface area contributed by atoms with Gasteiger partial charge >= 0.3 is 6.18 Å². The van der Waals surface area contributed by atoms with E-state index in [0.29, 0.717) is 12.8 Å². The van der Waals surface area contributed by atoms with Crippen molar-refractivity contribution in [1.29, 1.82) is 0 Å². The summed E-state index contributed by atoms with van der Waals surface area (Å²) in [6.07, 6.45) is -4.05. The molecule has 32 heavy (non-hydrogen) atoms. The summed E-state index contributed by atoms with van der Waals surface area (Å²) in [5.41, 5.74) is 0.0700. The van der Waals surface area contributed by atoms with Crippen LogP contribution in [0.2, 0.25) is 5.02 Å². The smallest absolute Gasteiger partial charge is 0.416 e. The third-order valence-corrected chi connectivity index (χ3v) is 5.31. The van der Waals surface area contributed by atoms with Crippen LogP contribution in [0.25, 0.3) is 0 Å². The fraction of sp³-hybridized carbons (Fsp3) is 0.286. The van der Waals surface area contributed by atoms with Crippen LogP contribution < -0.4 is 10.2 Å². The zero-order valence-electron chi connectivity index (χ0n) is 16.5. The molecule has 0 aliphatic carbocycles. The number of piperidine rings is 1. The molecule has 2 aromatic rings. The number of ketones is 1. The number of halogens is 4. The lowest BCUT2D eigenvalue weighted by Gasteiger charge is -2.32. The van der Waals surface area contributed by atoms with Gasteiger partial charge in [-0.1, -0.05) is 17.7 Å². The van der Waals surface area contributed by atoms with Gasteiger partial charge in [-0.25, -0.2) is 5.48 Å². The number of ether oxygens (including phenoxy) is 1. The first-order valence-electron chi connectivity index (χ1n) is 9.52. The number of likely N-dealkylation sites (tertiary alicyclic amines) is 1. The molecular formula is C21H18ClF3N2O5. The van der Waals surface area contributed by atoms with Crippen LogP contribution in [0.3, 0.4) is 0 Å². The van der Waals surface area contributed by atoms with Crippen LogP contribution in [0, 0.1) is 0 Å². The summed E-state index contributed by atoms with van der Waals surface area (Å²) >= 11 is 5.94. The molecule has 0 spiro atoms. The molecule has 2 amide bonds. The van der Waals surface area contributed by atoms with Gasteiger partial charge in [0, 0.05) is 31.5 Å². The van der Waals surface area contributed by atoms with E-state index in [-0.39, 0.29) is 41.1 Å². The van der Waals surface area contributed by atoms with E-state index >= 15 is 0 Å². The van der Waals surface area contributed by atoms with Crippen molar-refractivity contribution in [2.24, 2.45) is 0 Å². The second-order valence-corrected chi connectivity index (χ2v) is 7.47. The van der Waals surface area contributed by atoms with E-state index < -0.39 is 29.3 Å². The highest BCUT2D eigenvalue weighted by Gasteiger charge is 2.32. The molecule has 11 heteroatoms. The van der Waals surface area contributed by atoms with Crippen LogP contribution in [-0.4, -0.2) is 46.9 Å². The fourth-order valence-electron chi connectivity index (χ4n) is 3.35. The molecule has 2 aromatic carbocycles. The number of hydroxylamine groups is 1. The molecule has 0 aromatic heterocycles. The molecule has 2 N–H and O–H groups in total. The maximum Gasteiger partial charge on any atom is 0.416 e. The van der Waals surface area contributed by atoms with Gasteiger partial charge in [0.2, 0.25) is 0 Å². The zero-order chi connectivity index (χ0) is 23.5. The van der Waals surface area contributed by atoms with Crippen molar-refractivity contribution >= 4 is 29.2 Å². The van der Waals surface area contributed by atoms with E-state index in [1.165, 1.54) is 40.7 Å². The Labute approximate surface area is 185 Å². The Hall–Kier alpha value is -3.11. The Bertz CT molecular complexity index is 1020. The van der Waals surface area contributed by atoms with Gasteiger partial charge in [0.05, 0.1) is 16.1 Å². The van der Waals surface area contributed by atoms with Gasteiger partial charge in [0.1, 0.15) is 11.9 Å². The van der Waals surface area contributed by atoms with E-state index in [9.17, 15) is 27.6 Å². The van der Waals surface area contributed by atoms with Crippen molar-refractivity contribution in [2.75, 3.05) is 13.1 Å². The molecule has 1 aliphatic heterocycles. The van der Waals surface area contributed by atoms with E-state index in [1.807, 2.05) is 0 Å². The van der Waals surface area contributed by atoms with Gasteiger partial charge in [-0.05, 0) is 36.4 Å². The SMILES string of the molecule is O=C(C(=O)N1CCC(Oc2ccc(C(F)(F)F)cc2)CC1)c1cccc(Cl)c1C(=O)NO. The predicted octanol–water partition coefficient (Wildman–Crippen LogP) is 3.73. The monoisotopic (exact) mass is 470 g/mol. The van der Waals surface area contributed by atoms with Gasteiger partial charge in [0.15, 0.2) is 0 Å². The molecule has 1 saturated heterocycles. The number of nitrogens with zero attached hydrogens (tertiary/aromatic N) is 1. The Morgan fingerprint density at radius 3 is 2.25 bits per heavy atom. The lowest BCUT2D eigenvalue weighted by molar-refractivity contribution is -0.137. The average molecular weight is 471 g/mol. The first-order valence-corrected chi connectivity index (χ1v) is 9.90. The number of Topliss-reactive ketones (excluding diaryl/α,β-unsaturated/α-hetero) is 1. The van der Waals surface area contributed by atoms with E-state index in [2.05, 4.69) is 0 Å². The largest absolute Gasteiger partial charge is 0.490 e. The molecule has 1 fully saturated rings. The van der Waals surface area contributed by atoms with Crippen LogP contribution in [-0.2, 0) is 11.0 Å². The molecule has 0 atom stereocenters. The number of alkyl halides is 3. The summed E-state index contributed by atoms with van der Waals surface area (Å²) in [6, 6.07) is 8.33. The summed E-state index contributed by atoms with van der Waals surface area (Å²) in [5, 5.41) is 8.78. The van der Waals surface area contributed by atoms with Gasteiger partial charge < -0.3 is 9.64 Å². The van der Waals surface area contributed by atoms with Crippen LogP contribution in [0.5, 0.6) is 5.75 Å². The molecule has 0 radical (unpaired) electrons. The third-order valence-electron chi connectivity index (χ3n) is 4.99. The van der Waals surface area contributed by atoms with Crippen LogP contribution in [0.15, 0.2) is 42.5 Å². The third kappa shape index (κ3) is 5.20. The number of nitrogens with one attached hydrogen (secondary N) is 1. The van der Waals surface area contributed by atoms with Crippen molar-refractivity contribution in [3.05, 3.63) is 64.2 Å². The number of carbonyl (C=O) groups excluding carboxylic acids is 3. The Kier molecular flexibility index (Phi) is 7.05. The van der Waals surface area contributed by atoms with Gasteiger partial charge in [-0.2, -0.15) is 13.2 Å². The van der Waals surface area contributed by atoms with Crippen molar-refractivity contribution in [3.63, 3.8) is 0 Å². The van der Waals surface area contributed by atoms with Gasteiger partial charge in [-0.3, -0.25) is 19.6 Å². The van der Waals surface area contributed by atoms with Crippen molar-refractivity contribution in [1.82, 2.24) is 10.4 Å². The zero-order valence-corrected chi connectivity index (χ0v) is 17.2. The maximum absolute atomic E-state index is 12.7. The van der Waals surface area contributed by atoms with Crippen LogP contribution >= 0.6 is 11.6 Å². The molecule has 1 aliphatic rings. The van der Waals surface area contributed by atoms with E-state index in [4.69, 9.17) is 21.5 Å². The summed E-state index contributed by atoms with van der Waals surface area (Å²) < 4.78 is 43.6. The summed E-state index contributed by atoms with van der Waals surface area (Å²) in [6.45, 7) is 0.357. The highest BCUT2D eigenvalue weighted by atomic mass is 35.5.